The summed E-state index contributed by atoms with van der Waals surface area (Å²) in [5, 5.41) is 5.19. The van der Waals surface area contributed by atoms with Crippen molar-refractivity contribution < 1.29 is 22.4 Å². The number of rotatable bonds is 4. The van der Waals surface area contributed by atoms with Crippen LogP contribution >= 0.6 is 0 Å². The Hall–Kier alpha value is -1.40. The lowest BCUT2D eigenvalue weighted by Gasteiger charge is -2.22. The summed E-state index contributed by atoms with van der Waals surface area (Å²) in [4.78, 5) is 11.6. The zero-order chi connectivity index (χ0) is 12.6. The number of halogens is 4. The molecule has 1 aliphatic carbocycles. The van der Waals surface area contributed by atoms with Crippen LogP contribution in [0.15, 0.2) is 6.07 Å². The van der Waals surface area contributed by atoms with E-state index in [-0.39, 0.29) is 17.4 Å². The number of carbonyl (C=O) groups is 1. The molecule has 1 aliphatic rings. The molecule has 0 atom stereocenters. The Morgan fingerprint density at radius 2 is 2.12 bits per heavy atom. The monoisotopic (exact) mass is 250 g/mol. The predicted octanol–water partition coefficient (Wildman–Crippen LogP) is 2.75. The number of nitrogens with one attached hydrogen (secondary N) is 1. The summed E-state index contributed by atoms with van der Waals surface area (Å²) in [5.41, 5.74) is -1.21. The third kappa shape index (κ3) is 2.05. The fourth-order valence-corrected chi connectivity index (χ4v) is 1.62. The highest BCUT2D eigenvalue weighted by Crippen LogP contribution is 2.35. The first-order valence-electron chi connectivity index (χ1n) is 5.19. The van der Waals surface area contributed by atoms with Gasteiger partial charge in [-0.1, -0.05) is 6.42 Å². The lowest BCUT2D eigenvalue weighted by Crippen LogP contribution is -2.24. The Balaban J connectivity index is 2.18. The average molecular weight is 250 g/mol. The Morgan fingerprint density at radius 1 is 1.47 bits per heavy atom. The van der Waals surface area contributed by atoms with Crippen molar-refractivity contribution in [2.24, 2.45) is 5.92 Å². The van der Waals surface area contributed by atoms with Crippen molar-refractivity contribution in [1.29, 1.82) is 0 Å². The number of aromatic amines is 1. The summed E-state index contributed by atoms with van der Waals surface area (Å²) in [7, 11) is 0. The predicted molar refractivity (Wildman–Crippen MR) is 50.2 cm³/mol. The Morgan fingerprint density at radius 3 is 2.59 bits per heavy atom. The zero-order valence-electron chi connectivity index (χ0n) is 8.72. The minimum atomic E-state index is -4.30. The van der Waals surface area contributed by atoms with Crippen LogP contribution in [0, 0.1) is 5.92 Å². The van der Waals surface area contributed by atoms with Crippen molar-refractivity contribution >= 4 is 5.78 Å². The first-order chi connectivity index (χ1) is 7.93. The standard InChI is InChI=1S/C10H10F4N2O/c11-9(12)10(13,14)7-4-6(15-16-7)8(17)5-2-1-3-5/h4-5,9H,1-3H2,(H,15,16). The first-order valence-corrected chi connectivity index (χ1v) is 5.19. The molecule has 0 spiro atoms. The summed E-state index contributed by atoms with van der Waals surface area (Å²) < 4.78 is 50.0. The molecule has 0 saturated heterocycles. The quantitative estimate of drug-likeness (QED) is 0.659. The van der Waals surface area contributed by atoms with Crippen LogP contribution in [0.4, 0.5) is 17.6 Å². The maximum absolute atomic E-state index is 12.9. The van der Waals surface area contributed by atoms with Crippen molar-refractivity contribution in [3.8, 4) is 0 Å². The second-order valence-electron chi connectivity index (χ2n) is 4.08. The Kier molecular flexibility index (Phi) is 2.92. The van der Waals surface area contributed by atoms with E-state index in [0.717, 1.165) is 6.42 Å². The highest BCUT2D eigenvalue weighted by molar-refractivity contribution is 5.96. The molecule has 0 unspecified atom stereocenters. The van der Waals surface area contributed by atoms with Gasteiger partial charge in [-0.25, -0.2) is 8.78 Å². The molecule has 1 heterocycles. The van der Waals surface area contributed by atoms with Crippen molar-refractivity contribution in [2.75, 3.05) is 0 Å². The minimum Gasteiger partial charge on any atom is -0.292 e. The molecule has 1 saturated carbocycles. The van der Waals surface area contributed by atoms with E-state index in [0.29, 0.717) is 18.9 Å². The maximum atomic E-state index is 12.9. The smallest absolute Gasteiger partial charge is 0.292 e. The molecule has 1 N–H and O–H groups in total. The van der Waals surface area contributed by atoms with Gasteiger partial charge in [0.15, 0.2) is 5.78 Å². The molecule has 94 valence electrons. The highest BCUT2D eigenvalue weighted by atomic mass is 19.3. The molecule has 2 rings (SSSR count). The third-order valence-electron chi connectivity index (χ3n) is 2.94. The molecule has 0 aliphatic heterocycles. The van der Waals surface area contributed by atoms with Gasteiger partial charge in [-0.05, 0) is 18.9 Å². The molecule has 0 radical (unpaired) electrons. The van der Waals surface area contributed by atoms with Crippen LogP contribution in [0.25, 0.3) is 0 Å². The van der Waals surface area contributed by atoms with Gasteiger partial charge in [0.25, 0.3) is 0 Å². The molecule has 7 heteroatoms. The van der Waals surface area contributed by atoms with Crippen molar-refractivity contribution in [3.63, 3.8) is 0 Å². The van der Waals surface area contributed by atoms with E-state index in [1.54, 1.807) is 0 Å². The number of carbonyl (C=O) groups excluding carboxylic acids is 1. The normalized spacial score (nSPS) is 17.2. The van der Waals surface area contributed by atoms with E-state index in [2.05, 4.69) is 5.10 Å². The number of aromatic nitrogens is 2. The first kappa shape index (κ1) is 12.1. The van der Waals surface area contributed by atoms with Gasteiger partial charge in [-0.2, -0.15) is 13.9 Å². The summed E-state index contributed by atoms with van der Waals surface area (Å²) in [6.45, 7) is 0. The third-order valence-corrected chi connectivity index (χ3v) is 2.94. The SMILES string of the molecule is O=C(c1cc(C(F)(F)C(F)F)[nH]n1)C1CCC1. The molecule has 17 heavy (non-hydrogen) atoms. The van der Waals surface area contributed by atoms with Crippen LogP contribution < -0.4 is 0 Å². The minimum absolute atomic E-state index is 0.190. The number of nitrogens with zero attached hydrogens (tertiary/aromatic N) is 1. The number of hydrogen-bond acceptors (Lipinski definition) is 2. The number of hydrogen-bond donors (Lipinski definition) is 1. The van der Waals surface area contributed by atoms with E-state index in [9.17, 15) is 22.4 Å². The Bertz CT molecular complexity index is 426. The topological polar surface area (TPSA) is 45.8 Å². The molecule has 1 fully saturated rings. The van der Waals surface area contributed by atoms with Gasteiger partial charge in [-0.3, -0.25) is 9.89 Å². The molecule has 0 aromatic carbocycles. The van der Waals surface area contributed by atoms with Crippen molar-refractivity contribution in [1.82, 2.24) is 10.2 Å². The van der Waals surface area contributed by atoms with Gasteiger partial charge in [0.2, 0.25) is 0 Å². The lowest BCUT2D eigenvalue weighted by atomic mass is 9.81. The fourth-order valence-electron chi connectivity index (χ4n) is 1.62. The second-order valence-corrected chi connectivity index (χ2v) is 4.08. The molecule has 1 aromatic rings. The number of H-pyrrole nitrogens is 1. The summed E-state index contributed by atoms with van der Waals surface area (Å²) in [5.74, 6) is -4.86. The van der Waals surface area contributed by atoms with Crippen molar-refractivity contribution in [2.45, 2.75) is 31.6 Å². The molecule has 0 bridgehead atoms. The number of ketones is 1. The van der Waals surface area contributed by atoms with Crippen LogP contribution in [-0.2, 0) is 5.92 Å². The van der Waals surface area contributed by atoms with E-state index in [1.165, 1.54) is 0 Å². The lowest BCUT2D eigenvalue weighted by molar-refractivity contribution is -0.138. The van der Waals surface area contributed by atoms with E-state index < -0.39 is 18.0 Å². The Labute approximate surface area is 94.2 Å². The van der Waals surface area contributed by atoms with Gasteiger partial charge < -0.3 is 0 Å². The van der Waals surface area contributed by atoms with E-state index in [1.807, 2.05) is 5.10 Å². The highest BCUT2D eigenvalue weighted by Gasteiger charge is 2.45. The van der Waals surface area contributed by atoms with Gasteiger partial charge in [-0.15, -0.1) is 0 Å². The van der Waals surface area contributed by atoms with E-state index in [4.69, 9.17) is 0 Å². The summed E-state index contributed by atoms with van der Waals surface area (Å²) >= 11 is 0. The van der Waals surface area contributed by atoms with Crippen LogP contribution in [0.2, 0.25) is 0 Å². The molecule has 3 nitrogen and oxygen atoms in total. The maximum Gasteiger partial charge on any atom is 0.348 e. The number of alkyl halides is 4. The van der Waals surface area contributed by atoms with Crippen LogP contribution in [0.5, 0.6) is 0 Å². The molecular weight excluding hydrogens is 240 g/mol. The van der Waals surface area contributed by atoms with Gasteiger partial charge in [0, 0.05) is 5.92 Å². The average Bonchev–Trinajstić information content (AvgIpc) is 2.63. The fraction of sp³-hybridized carbons (Fsp3) is 0.600. The van der Waals surface area contributed by atoms with Gasteiger partial charge >= 0.3 is 12.3 Å². The summed E-state index contributed by atoms with van der Waals surface area (Å²) in [6, 6.07) is 0.715. The van der Waals surface area contributed by atoms with Gasteiger partial charge in [0.05, 0.1) is 0 Å². The molecule has 1 aromatic heterocycles. The van der Waals surface area contributed by atoms with Crippen LogP contribution in [0.3, 0.4) is 0 Å². The number of Topliss-reactive ketones (excluding diaryl/α,β-unsaturated/α-hetero) is 1. The molecule has 0 amide bonds. The van der Waals surface area contributed by atoms with Crippen LogP contribution in [0.1, 0.15) is 35.4 Å². The zero-order valence-corrected chi connectivity index (χ0v) is 8.72. The largest absolute Gasteiger partial charge is 0.348 e. The second kappa shape index (κ2) is 4.12. The summed E-state index contributed by atoms with van der Waals surface area (Å²) in [6.07, 6.45) is -1.51. The van der Waals surface area contributed by atoms with Crippen molar-refractivity contribution in [3.05, 3.63) is 17.5 Å². The van der Waals surface area contributed by atoms with Crippen LogP contribution in [-0.4, -0.2) is 22.4 Å². The van der Waals surface area contributed by atoms with E-state index >= 15 is 0 Å². The van der Waals surface area contributed by atoms with Gasteiger partial charge in [0.1, 0.15) is 11.4 Å². The molecular formula is C10H10F4N2O.